The largest absolute Gasteiger partial charge is 0.490 e. The van der Waals surface area contributed by atoms with Gasteiger partial charge in [0.1, 0.15) is 0 Å². The Balaban J connectivity index is 1.40. The summed E-state index contributed by atoms with van der Waals surface area (Å²) in [6, 6.07) is 11.7. The van der Waals surface area contributed by atoms with Gasteiger partial charge in [0.2, 0.25) is 5.91 Å². The molecule has 0 atom stereocenters. The number of thioether (sulfide) groups is 1. The maximum atomic E-state index is 12.4. The van der Waals surface area contributed by atoms with Gasteiger partial charge in [-0.05, 0) is 49.2 Å². The summed E-state index contributed by atoms with van der Waals surface area (Å²) in [5.41, 5.74) is 4.20. The van der Waals surface area contributed by atoms with Crippen molar-refractivity contribution in [3.63, 3.8) is 0 Å². The number of aryl methyl sites for hydroxylation is 2. The smallest absolute Gasteiger partial charge is 0.234 e. The van der Waals surface area contributed by atoms with E-state index in [0.717, 1.165) is 17.3 Å². The van der Waals surface area contributed by atoms with Gasteiger partial charge in [0.15, 0.2) is 16.7 Å². The second-order valence-electron chi connectivity index (χ2n) is 6.90. The van der Waals surface area contributed by atoms with E-state index in [1.165, 1.54) is 22.9 Å². The van der Waals surface area contributed by atoms with Crippen molar-refractivity contribution in [1.82, 2.24) is 9.55 Å². The highest BCUT2D eigenvalue weighted by molar-refractivity contribution is 7.99. The minimum absolute atomic E-state index is 0.0980. The van der Waals surface area contributed by atoms with Crippen molar-refractivity contribution in [3.8, 4) is 17.2 Å². The second kappa shape index (κ2) is 8.61. The molecule has 1 amide bonds. The number of hydrogen-bond donors (Lipinski definition) is 1. The fraction of sp³-hybridized carbons (Fsp3) is 0.273. The first-order valence-electron chi connectivity index (χ1n) is 9.53. The summed E-state index contributed by atoms with van der Waals surface area (Å²) in [6.07, 6.45) is 4.51. The molecule has 7 heteroatoms. The van der Waals surface area contributed by atoms with E-state index in [2.05, 4.69) is 42.3 Å². The minimum atomic E-state index is -0.0980. The van der Waals surface area contributed by atoms with Crippen molar-refractivity contribution < 1.29 is 14.3 Å². The molecule has 2 heterocycles. The number of carbonyl (C=O) groups is 1. The van der Waals surface area contributed by atoms with Crippen LogP contribution in [-0.4, -0.2) is 34.4 Å². The quantitative estimate of drug-likeness (QED) is 0.634. The Bertz CT molecular complexity index is 1030. The first kappa shape index (κ1) is 19.4. The van der Waals surface area contributed by atoms with Crippen molar-refractivity contribution in [3.05, 3.63) is 59.9 Å². The normalized spacial score (nSPS) is 13.0. The number of aromatic nitrogens is 2. The van der Waals surface area contributed by atoms with Gasteiger partial charge in [-0.2, -0.15) is 0 Å². The highest BCUT2D eigenvalue weighted by atomic mass is 32.2. The third-order valence-corrected chi connectivity index (χ3v) is 5.71. The molecule has 1 aromatic heterocycles. The number of imidazole rings is 1. The van der Waals surface area contributed by atoms with Gasteiger partial charge in [-0.15, -0.1) is 0 Å². The Labute approximate surface area is 174 Å². The topological polar surface area (TPSA) is 65.4 Å². The van der Waals surface area contributed by atoms with Crippen LogP contribution in [0.2, 0.25) is 0 Å². The second-order valence-corrected chi connectivity index (χ2v) is 7.84. The fourth-order valence-corrected chi connectivity index (χ4v) is 3.81. The van der Waals surface area contributed by atoms with Crippen molar-refractivity contribution in [2.24, 2.45) is 0 Å². The molecule has 4 rings (SSSR count). The molecule has 3 aromatic rings. The van der Waals surface area contributed by atoms with Crippen LogP contribution in [0.4, 0.5) is 5.69 Å². The number of ether oxygens (including phenoxy) is 2. The van der Waals surface area contributed by atoms with Gasteiger partial charge in [0.05, 0.1) is 19.0 Å². The minimum Gasteiger partial charge on any atom is -0.490 e. The van der Waals surface area contributed by atoms with Gasteiger partial charge in [-0.1, -0.05) is 17.8 Å². The average Bonchev–Trinajstić information content (AvgIpc) is 3.06. The number of anilines is 1. The molecule has 1 aliphatic rings. The van der Waals surface area contributed by atoms with E-state index in [9.17, 15) is 4.79 Å². The maximum Gasteiger partial charge on any atom is 0.234 e. The molecule has 1 N–H and O–H groups in total. The summed E-state index contributed by atoms with van der Waals surface area (Å²) in [4.78, 5) is 16.9. The zero-order chi connectivity index (χ0) is 20.2. The summed E-state index contributed by atoms with van der Waals surface area (Å²) in [5.74, 6) is 1.54. The maximum absolute atomic E-state index is 12.4. The molecule has 150 valence electrons. The summed E-state index contributed by atoms with van der Waals surface area (Å²) in [7, 11) is 0. The lowest BCUT2D eigenvalue weighted by Crippen LogP contribution is -2.14. The number of hydrogen-bond acceptors (Lipinski definition) is 5. The fourth-order valence-electron chi connectivity index (χ4n) is 3.04. The first-order valence-corrected chi connectivity index (χ1v) is 10.5. The van der Waals surface area contributed by atoms with Crippen LogP contribution >= 0.6 is 11.8 Å². The molecule has 2 aromatic carbocycles. The molecule has 0 bridgehead atoms. The number of nitrogens with one attached hydrogen (secondary N) is 1. The lowest BCUT2D eigenvalue weighted by molar-refractivity contribution is -0.113. The molecule has 0 spiro atoms. The Kier molecular flexibility index (Phi) is 5.76. The molecule has 0 radical (unpaired) electrons. The Morgan fingerprint density at radius 2 is 1.93 bits per heavy atom. The number of carbonyl (C=O) groups excluding carboxylic acids is 1. The third-order valence-electron chi connectivity index (χ3n) is 4.74. The standard InChI is InChI=1S/C22H23N3O3S/c1-15-4-6-18(12-16(15)2)25-9-8-23-22(25)29-14-21(26)24-17-5-7-19-20(13-17)28-11-3-10-27-19/h4-9,12-13H,3,10-11,14H2,1-2H3,(H,24,26). The molecule has 0 unspecified atom stereocenters. The lowest BCUT2D eigenvalue weighted by atomic mass is 10.1. The Hall–Kier alpha value is -2.93. The molecule has 6 nitrogen and oxygen atoms in total. The van der Waals surface area contributed by atoms with E-state index >= 15 is 0 Å². The van der Waals surface area contributed by atoms with Crippen molar-refractivity contribution in [2.75, 3.05) is 24.3 Å². The Morgan fingerprint density at radius 3 is 2.76 bits per heavy atom. The zero-order valence-corrected chi connectivity index (χ0v) is 17.3. The monoisotopic (exact) mass is 409 g/mol. The summed E-state index contributed by atoms with van der Waals surface area (Å²) in [6.45, 7) is 5.43. The average molecular weight is 410 g/mol. The van der Waals surface area contributed by atoms with Crippen LogP contribution in [0, 0.1) is 13.8 Å². The van der Waals surface area contributed by atoms with Crippen LogP contribution in [0.5, 0.6) is 11.5 Å². The lowest BCUT2D eigenvalue weighted by Gasteiger charge is -2.11. The van der Waals surface area contributed by atoms with Gasteiger partial charge >= 0.3 is 0 Å². The van der Waals surface area contributed by atoms with Gasteiger partial charge in [-0.3, -0.25) is 9.36 Å². The van der Waals surface area contributed by atoms with Gasteiger partial charge in [-0.25, -0.2) is 4.98 Å². The predicted octanol–water partition coefficient (Wildman–Crippen LogP) is 4.38. The molecule has 0 fully saturated rings. The number of nitrogens with zero attached hydrogens (tertiary/aromatic N) is 2. The van der Waals surface area contributed by atoms with Gasteiger partial charge in [0, 0.05) is 36.3 Å². The van der Waals surface area contributed by atoms with Crippen molar-refractivity contribution in [1.29, 1.82) is 0 Å². The number of benzene rings is 2. The van der Waals surface area contributed by atoms with Crippen LogP contribution in [-0.2, 0) is 4.79 Å². The number of amides is 1. The number of fused-ring (bicyclic) bond motifs is 1. The van der Waals surface area contributed by atoms with Crippen LogP contribution in [0.15, 0.2) is 53.9 Å². The Morgan fingerprint density at radius 1 is 1.10 bits per heavy atom. The highest BCUT2D eigenvalue weighted by Crippen LogP contribution is 2.32. The van der Waals surface area contributed by atoms with Crippen LogP contribution in [0.1, 0.15) is 17.5 Å². The van der Waals surface area contributed by atoms with E-state index in [1.807, 2.05) is 22.9 Å². The van der Waals surface area contributed by atoms with E-state index < -0.39 is 0 Å². The number of rotatable bonds is 5. The molecule has 1 aliphatic heterocycles. The molecular weight excluding hydrogens is 386 g/mol. The molecule has 29 heavy (non-hydrogen) atoms. The molecule has 0 saturated heterocycles. The summed E-state index contributed by atoms with van der Waals surface area (Å²) >= 11 is 1.40. The van der Waals surface area contributed by atoms with E-state index in [0.29, 0.717) is 30.4 Å². The zero-order valence-electron chi connectivity index (χ0n) is 16.5. The van der Waals surface area contributed by atoms with E-state index in [1.54, 1.807) is 12.3 Å². The van der Waals surface area contributed by atoms with Crippen LogP contribution in [0.25, 0.3) is 5.69 Å². The van der Waals surface area contributed by atoms with E-state index in [4.69, 9.17) is 9.47 Å². The summed E-state index contributed by atoms with van der Waals surface area (Å²) < 4.78 is 13.3. The van der Waals surface area contributed by atoms with Gasteiger partial charge in [0.25, 0.3) is 0 Å². The van der Waals surface area contributed by atoms with E-state index in [-0.39, 0.29) is 11.7 Å². The highest BCUT2D eigenvalue weighted by Gasteiger charge is 2.13. The molecule has 0 saturated carbocycles. The third kappa shape index (κ3) is 4.56. The van der Waals surface area contributed by atoms with Gasteiger partial charge < -0.3 is 14.8 Å². The molecule has 0 aliphatic carbocycles. The van der Waals surface area contributed by atoms with Crippen LogP contribution in [0.3, 0.4) is 0 Å². The predicted molar refractivity (Wildman–Crippen MR) is 114 cm³/mol. The summed E-state index contributed by atoms with van der Waals surface area (Å²) in [5, 5.41) is 3.70. The first-order chi connectivity index (χ1) is 14.1. The SMILES string of the molecule is Cc1ccc(-n2ccnc2SCC(=O)Nc2ccc3c(c2)OCCCO3)cc1C. The molecular formula is C22H23N3O3S. The van der Waals surface area contributed by atoms with Crippen LogP contribution < -0.4 is 14.8 Å². The van der Waals surface area contributed by atoms with Crippen molar-refractivity contribution >= 4 is 23.4 Å². The van der Waals surface area contributed by atoms with Crippen molar-refractivity contribution in [2.45, 2.75) is 25.4 Å².